The number of benzene rings is 1. The van der Waals surface area contributed by atoms with Crippen LogP contribution < -0.4 is 11.2 Å². The highest BCUT2D eigenvalue weighted by atomic mass is 35.5. The summed E-state index contributed by atoms with van der Waals surface area (Å²) in [5.74, 6) is 0.162. The minimum Gasteiger partial charge on any atom is -0.389 e. The van der Waals surface area contributed by atoms with Crippen LogP contribution in [0.1, 0.15) is 19.4 Å². The predicted molar refractivity (Wildman–Crippen MR) is 122 cm³/mol. The summed E-state index contributed by atoms with van der Waals surface area (Å²) in [7, 11) is 1.57. The van der Waals surface area contributed by atoms with Gasteiger partial charge in [-0.2, -0.15) is 0 Å². The number of imidazole rings is 1. The number of ether oxygens (including phenoxy) is 2. The van der Waals surface area contributed by atoms with Crippen LogP contribution >= 0.6 is 11.6 Å². The van der Waals surface area contributed by atoms with Crippen LogP contribution in [0.15, 0.2) is 40.2 Å². The fourth-order valence-electron chi connectivity index (χ4n) is 3.47. The summed E-state index contributed by atoms with van der Waals surface area (Å²) < 4.78 is 14.9. The summed E-state index contributed by atoms with van der Waals surface area (Å²) >= 11 is 6.12. The predicted octanol–water partition coefficient (Wildman–Crippen LogP) is 1.89. The van der Waals surface area contributed by atoms with Gasteiger partial charge in [-0.25, -0.2) is 9.78 Å². The molecule has 0 amide bonds. The second-order valence-electron chi connectivity index (χ2n) is 8.07. The van der Waals surface area contributed by atoms with Crippen molar-refractivity contribution < 1.29 is 14.6 Å². The molecule has 0 spiro atoms. The number of hydrogen-bond acceptors (Lipinski definition) is 6. The Morgan fingerprint density at radius 2 is 1.91 bits per heavy atom. The van der Waals surface area contributed by atoms with E-state index in [1.54, 1.807) is 17.7 Å². The molecule has 32 heavy (non-hydrogen) atoms. The quantitative estimate of drug-likeness (QED) is 0.465. The SMILES string of the molecule is COCCn1cnc2c1c(=O)n(C[C@@H](O)COCc1ccccc1Cl)c(=O)n2CC(C)C. The molecule has 3 aromatic rings. The Morgan fingerprint density at radius 1 is 1.16 bits per heavy atom. The molecular formula is C22H29ClN4O5. The summed E-state index contributed by atoms with van der Waals surface area (Å²) in [6.45, 7) is 5.15. The van der Waals surface area contributed by atoms with Gasteiger partial charge >= 0.3 is 5.69 Å². The molecule has 0 aliphatic carbocycles. The van der Waals surface area contributed by atoms with Crippen molar-refractivity contribution in [2.24, 2.45) is 5.92 Å². The van der Waals surface area contributed by atoms with E-state index in [0.29, 0.717) is 35.9 Å². The maximum atomic E-state index is 13.2. The number of nitrogens with zero attached hydrogens (tertiary/aromatic N) is 4. The lowest BCUT2D eigenvalue weighted by atomic mass is 10.2. The van der Waals surface area contributed by atoms with E-state index in [1.807, 2.05) is 32.0 Å². The Balaban J connectivity index is 1.86. The zero-order valence-electron chi connectivity index (χ0n) is 18.5. The second-order valence-corrected chi connectivity index (χ2v) is 8.47. The molecule has 9 nitrogen and oxygen atoms in total. The average molecular weight is 465 g/mol. The number of fused-ring (bicyclic) bond motifs is 1. The number of aromatic nitrogens is 4. The Hall–Kier alpha value is -2.46. The first kappa shape index (κ1) is 24.2. The van der Waals surface area contributed by atoms with Crippen LogP contribution in [0.2, 0.25) is 5.02 Å². The van der Waals surface area contributed by atoms with Gasteiger partial charge in [0.15, 0.2) is 11.2 Å². The van der Waals surface area contributed by atoms with Gasteiger partial charge in [-0.3, -0.25) is 13.9 Å². The molecule has 0 fully saturated rings. The number of aliphatic hydroxyl groups is 1. The van der Waals surface area contributed by atoms with Crippen molar-refractivity contribution in [3.63, 3.8) is 0 Å². The number of hydrogen-bond donors (Lipinski definition) is 1. The molecule has 1 aromatic carbocycles. The van der Waals surface area contributed by atoms with Crippen molar-refractivity contribution in [1.82, 2.24) is 18.7 Å². The molecule has 1 N–H and O–H groups in total. The van der Waals surface area contributed by atoms with E-state index >= 15 is 0 Å². The van der Waals surface area contributed by atoms with Crippen LogP contribution in [-0.4, -0.2) is 50.2 Å². The molecule has 2 aromatic heterocycles. The van der Waals surface area contributed by atoms with Crippen LogP contribution in [0.4, 0.5) is 0 Å². The van der Waals surface area contributed by atoms with Gasteiger partial charge in [0.1, 0.15) is 0 Å². The zero-order valence-corrected chi connectivity index (χ0v) is 19.3. The van der Waals surface area contributed by atoms with E-state index < -0.39 is 17.4 Å². The van der Waals surface area contributed by atoms with E-state index in [9.17, 15) is 14.7 Å². The van der Waals surface area contributed by atoms with Gasteiger partial charge < -0.3 is 19.1 Å². The maximum Gasteiger partial charge on any atom is 0.332 e. The van der Waals surface area contributed by atoms with E-state index in [2.05, 4.69) is 4.98 Å². The van der Waals surface area contributed by atoms with Crippen LogP contribution in [0.3, 0.4) is 0 Å². The van der Waals surface area contributed by atoms with E-state index in [-0.39, 0.29) is 25.7 Å². The smallest absolute Gasteiger partial charge is 0.332 e. The monoisotopic (exact) mass is 464 g/mol. The fraction of sp³-hybridized carbons (Fsp3) is 0.500. The first-order valence-electron chi connectivity index (χ1n) is 10.5. The molecule has 0 saturated heterocycles. The maximum absolute atomic E-state index is 13.2. The van der Waals surface area contributed by atoms with Crippen LogP contribution in [0, 0.1) is 5.92 Å². The van der Waals surface area contributed by atoms with Gasteiger partial charge in [0.2, 0.25) is 0 Å². The lowest BCUT2D eigenvalue weighted by molar-refractivity contribution is 0.0192. The number of rotatable bonds is 11. The summed E-state index contributed by atoms with van der Waals surface area (Å²) in [5.41, 5.74) is 0.445. The fourth-order valence-corrected chi connectivity index (χ4v) is 3.66. The first-order chi connectivity index (χ1) is 15.3. The summed E-state index contributed by atoms with van der Waals surface area (Å²) in [6, 6.07) is 7.26. The molecule has 10 heteroatoms. The summed E-state index contributed by atoms with van der Waals surface area (Å²) in [6.07, 6.45) is 0.484. The molecule has 0 radical (unpaired) electrons. The number of methoxy groups -OCH3 is 1. The van der Waals surface area contributed by atoms with Crippen molar-refractivity contribution in [3.8, 4) is 0 Å². The highest BCUT2D eigenvalue weighted by Crippen LogP contribution is 2.16. The van der Waals surface area contributed by atoms with Gasteiger partial charge in [-0.05, 0) is 17.5 Å². The van der Waals surface area contributed by atoms with Gasteiger partial charge in [-0.15, -0.1) is 0 Å². The number of aliphatic hydroxyl groups excluding tert-OH is 1. The second kappa shape index (κ2) is 10.9. The molecular weight excluding hydrogens is 436 g/mol. The van der Waals surface area contributed by atoms with Crippen molar-refractivity contribution in [2.75, 3.05) is 20.3 Å². The summed E-state index contributed by atoms with van der Waals surface area (Å²) in [4.78, 5) is 30.6. The third-order valence-electron chi connectivity index (χ3n) is 4.99. The Labute approximate surface area is 190 Å². The Bertz CT molecular complexity index is 1170. The van der Waals surface area contributed by atoms with Crippen molar-refractivity contribution >= 4 is 22.8 Å². The lowest BCUT2D eigenvalue weighted by Gasteiger charge is -2.16. The highest BCUT2D eigenvalue weighted by molar-refractivity contribution is 6.31. The van der Waals surface area contributed by atoms with Crippen LogP contribution in [0.5, 0.6) is 0 Å². The minimum absolute atomic E-state index is 0.0533. The zero-order chi connectivity index (χ0) is 23.3. The van der Waals surface area contributed by atoms with Gasteiger partial charge in [0.25, 0.3) is 5.56 Å². The molecule has 2 heterocycles. The standard InChI is InChI=1S/C22H29ClN4O5/c1-15(2)10-26-20-19(25(14-24-20)8-9-31-3)21(29)27(22(26)30)11-17(28)13-32-12-16-6-4-5-7-18(16)23/h4-7,14-15,17,28H,8-13H2,1-3H3/t17-/m1/s1. The molecule has 3 rings (SSSR count). The summed E-state index contributed by atoms with van der Waals surface area (Å²) in [5, 5.41) is 11.1. The molecule has 0 aliphatic heterocycles. The van der Waals surface area contributed by atoms with E-state index in [4.69, 9.17) is 21.1 Å². The van der Waals surface area contributed by atoms with E-state index in [1.165, 1.54) is 10.9 Å². The Kier molecular flexibility index (Phi) is 8.25. The average Bonchev–Trinajstić information content (AvgIpc) is 3.18. The van der Waals surface area contributed by atoms with Gasteiger partial charge in [0.05, 0.1) is 38.8 Å². The normalized spacial score (nSPS) is 12.7. The third-order valence-corrected chi connectivity index (χ3v) is 5.36. The van der Waals surface area contributed by atoms with Crippen molar-refractivity contribution in [1.29, 1.82) is 0 Å². The van der Waals surface area contributed by atoms with Gasteiger partial charge in [-0.1, -0.05) is 43.6 Å². The number of halogens is 1. The van der Waals surface area contributed by atoms with Crippen molar-refractivity contribution in [3.05, 3.63) is 62.0 Å². The topological polar surface area (TPSA) is 101 Å². The van der Waals surface area contributed by atoms with E-state index in [0.717, 1.165) is 10.1 Å². The molecule has 174 valence electrons. The van der Waals surface area contributed by atoms with Crippen molar-refractivity contribution in [2.45, 2.75) is 46.2 Å². The lowest BCUT2D eigenvalue weighted by Crippen LogP contribution is -2.44. The molecule has 0 aliphatic rings. The third kappa shape index (κ3) is 5.47. The highest BCUT2D eigenvalue weighted by Gasteiger charge is 2.20. The van der Waals surface area contributed by atoms with Crippen LogP contribution in [-0.2, 0) is 35.7 Å². The molecule has 0 unspecified atom stereocenters. The first-order valence-corrected chi connectivity index (χ1v) is 10.9. The van der Waals surface area contributed by atoms with Gasteiger partial charge in [0, 0.05) is 25.2 Å². The molecule has 1 atom stereocenters. The Morgan fingerprint density at radius 3 is 2.59 bits per heavy atom. The molecule has 0 bridgehead atoms. The molecule has 0 saturated carbocycles. The van der Waals surface area contributed by atoms with Crippen LogP contribution in [0.25, 0.3) is 11.2 Å². The minimum atomic E-state index is -1.05. The largest absolute Gasteiger partial charge is 0.389 e.